The highest BCUT2D eigenvalue weighted by atomic mass is 16.5. The van der Waals surface area contributed by atoms with Gasteiger partial charge >= 0.3 is 6.03 Å². The number of urea groups is 1. The Morgan fingerprint density at radius 3 is 2.45 bits per heavy atom. The molecule has 0 saturated heterocycles. The van der Waals surface area contributed by atoms with Crippen LogP contribution in [-0.2, 0) is 0 Å². The molecule has 1 rings (SSSR count). The van der Waals surface area contributed by atoms with Crippen LogP contribution in [0.15, 0.2) is 4.52 Å². The molecule has 0 aromatic carbocycles. The molecule has 2 atom stereocenters. The molecule has 126 valence electrons. The molecule has 1 aromatic heterocycles. The number of hydrogen-bond acceptors (Lipinski definition) is 4. The van der Waals surface area contributed by atoms with Crippen LogP contribution in [0.4, 0.5) is 4.79 Å². The monoisotopic (exact) mass is 311 g/mol. The zero-order valence-electron chi connectivity index (χ0n) is 14.5. The molecule has 2 amide bonds. The van der Waals surface area contributed by atoms with E-state index >= 15 is 0 Å². The summed E-state index contributed by atoms with van der Waals surface area (Å²) in [5, 5.41) is 19.0. The van der Waals surface area contributed by atoms with Gasteiger partial charge < -0.3 is 20.3 Å². The molecule has 0 aliphatic heterocycles. The van der Waals surface area contributed by atoms with Crippen molar-refractivity contribution in [2.24, 2.45) is 5.41 Å². The van der Waals surface area contributed by atoms with E-state index in [0.29, 0.717) is 6.54 Å². The molecule has 6 heteroatoms. The van der Waals surface area contributed by atoms with Gasteiger partial charge in [0, 0.05) is 18.0 Å². The fraction of sp³-hybridized carbons (Fsp3) is 0.750. The van der Waals surface area contributed by atoms with Crippen molar-refractivity contribution in [2.75, 3.05) is 13.2 Å². The molecule has 0 saturated carbocycles. The topological polar surface area (TPSA) is 87.4 Å². The zero-order valence-corrected chi connectivity index (χ0v) is 14.5. The number of hydrogen-bond donors (Lipinski definition) is 3. The second-order valence-electron chi connectivity index (χ2n) is 7.14. The van der Waals surface area contributed by atoms with Gasteiger partial charge in [-0.2, -0.15) is 0 Å². The van der Waals surface area contributed by atoms with Crippen molar-refractivity contribution in [1.29, 1.82) is 0 Å². The summed E-state index contributed by atoms with van der Waals surface area (Å²) < 4.78 is 5.15. The third-order valence-electron chi connectivity index (χ3n) is 3.56. The molecular formula is C16H29N3O3. The maximum atomic E-state index is 12.0. The summed E-state index contributed by atoms with van der Waals surface area (Å²) in [6.45, 7) is 12.4. The van der Waals surface area contributed by atoms with Gasteiger partial charge in [0.15, 0.2) is 0 Å². The minimum Gasteiger partial charge on any atom is -0.394 e. The minimum absolute atomic E-state index is 0.0463. The average molecular weight is 311 g/mol. The summed E-state index contributed by atoms with van der Waals surface area (Å²) in [7, 11) is 0. The fourth-order valence-corrected chi connectivity index (χ4v) is 2.68. The van der Waals surface area contributed by atoms with Crippen LogP contribution in [0.25, 0.3) is 0 Å². The van der Waals surface area contributed by atoms with E-state index in [2.05, 4.69) is 36.6 Å². The summed E-state index contributed by atoms with van der Waals surface area (Å²) in [6.07, 6.45) is 0.719. The van der Waals surface area contributed by atoms with E-state index in [0.717, 1.165) is 23.4 Å². The number of rotatable bonds is 6. The smallest absolute Gasteiger partial charge is 0.315 e. The maximum absolute atomic E-state index is 12.0. The van der Waals surface area contributed by atoms with Crippen LogP contribution in [0.3, 0.4) is 0 Å². The number of aryl methyl sites for hydroxylation is 2. The van der Waals surface area contributed by atoms with Gasteiger partial charge in [0.1, 0.15) is 5.76 Å². The number of nitrogens with zero attached hydrogens (tertiary/aromatic N) is 1. The quantitative estimate of drug-likeness (QED) is 0.753. The lowest BCUT2D eigenvalue weighted by Crippen LogP contribution is -2.46. The summed E-state index contributed by atoms with van der Waals surface area (Å²) in [5.74, 6) is 0.903. The molecule has 22 heavy (non-hydrogen) atoms. The van der Waals surface area contributed by atoms with Crippen molar-refractivity contribution in [2.45, 2.75) is 59.9 Å². The number of amides is 2. The van der Waals surface area contributed by atoms with Gasteiger partial charge in [0.2, 0.25) is 0 Å². The molecule has 0 radical (unpaired) electrons. The minimum atomic E-state index is -0.262. The maximum Gasteiger partial charge on any atom is 0.315 e. The van der Waals surface area contributed by atoms with Gasteiger partial charge in [0.25, 0.3) is 0 Å². The molecule has 0 aliphatic carbocycles. The third-order valence-corrected chi connectivity index (χ3v) is 3.56. The normalized spacial score (nSPS) is 14.5. The molecule has 6 nitrogen and oxygen atoms in total. The van der Waals surface area contributed by atoms with E-state index in [1.807, 2.05) is 20.8 Å². The average Bonchev–Trinajstić information content (AvgIpc) is 2.73. The van der Waals surface area contributed by atoms with Crippen molar-refractivity contribution in [1.82, 2.24) is 15.8 Å². The number of carbonyl (C=O) groups is 1. The molecule has 0 bridgehead atoms. The van der Waals surface area contributed by atoms with Crippen LogP contribution >= 0.6 is 0 Å². The Kier molecular flexibility index (Phi) is 6.41. The number of aliphatic hydroxyl groups is 1. The lowest BCUT2D eigenvalue weighted by molar-refractivity contribution is 0.190. The molecule has 3 N–H and O–H groups in total. The van der Waals surface area contributed by atoms with E-state index < -0.39 is 0 Å². The second-order valence-corrected chi connectivity index (χ2v) is 7.14. The van der Waals surface area contributed by atoms with Gasteiger partial charge in [-0.25, -0.2) is 4.79 Å². The molecule has 0 spiro atoms. The van der Waals surface area contributed by atoms with Crippen molar-refractivity contribution in [3.05, 3.63) is 17.0 Å². The van der Waals surface area contributed by atoms with Crippen LogP contribution in [0.5, 0.6) is 0 Å². The highest BCUT2D eigenvalue weighted by molar-refractivity contribution is 5.74. The summed E-state index contributed by atoms with van der Waals surface area (Å²) >= 11 is 0. The van der Waals surface area contributed by atoms with Crippen LogP contribution in [-0.4, -0.2) is 35.5 Å². The van der Waals surface area contributed by atoms with Crippen LogP contribution < -0.4 is 10.6 Å². The van der Waals surface area contributed by atoms with E-state index in [-0.39, 0.29) is 30.0 Å². The van der Waals surface area contributed by atoms with Crippen LogP contribution in [0.1, 0.15) is 57.1 Å². The highest BCUT2D eigenvalue weighted by Gasteiger charge is 2.21. The van der Waals surface area contributed by atoms with E-state index in [9.17, 15) is 9.90 Å². The molecule has 1 heterocycles. The van der Waals surface area contributed by atoms with E-state index in [4.69, 9.17) is 4.52 Å². The molecule has 1 aromatic rings. The Morgan fingerprint density at radius 2 is 2.00 bits per heavy atom. The SMILES string of the molecule is Cc1noc(C)c1C(C)CNC(=O)NC(CO)CC(C)(C)C. The van der Waals surface area contributed by atoms with Gasteiger partial charge in [-0.05, 0) is 25.7 Å². The Morgan fingerprint density at radius 1 is 1.36 bits per heavy atom. The predicted octanol–water partition coefficient (Wildman–Crippen LogP) is 2.49. The summed E-state index contributed by atoms with van der Waals surface area (Å²) in [5.41, 5.74) is 1.94. The number of aliphatic hydroxyl groups excluding tert-OH is 1. The van der Waals surface area contributed by atoms with Gasteiger partial charge in [-0.3, -0.25) is 0 Å². The Labute approximate surface area is 132 Å². The lowest BCUT2D eigenvalue weighted by Gasteiger charge is -2.25. The summed E-state index contributed by atoms with van der Waals surface area (Å²) in [6, 6.07) is -0.503. The van der Waals surface area contributed by atoms with Gasteiger partial charge in [-0.15, -0.1) is 0 Å². The number of nitrogens with one attached hydrogen (secondary N) is 2. The first kappa shape index (κ1) is 18.5. The second kappa shape index (κ2) is 7.63. The first-order chi connectivity index (χ1) is 10.1. The van der Waals surface area contributed by atoms with Crippen molar-refractivity contribution < 1.29 is 14.4 Å². The highest BCUT2D eigenvalue weighted by Crippen LogP contribution is 2.22. The Balaban J connectivity index is 2.48. The number of carbonyl (C=O) groups excluding carboxylic acids is 1. The Bertz CT molecular complexity index is 472. The van der Waals surface area contributed by atoms with Crippen LogP contribution in [0, 0.1) is 19.3 Å². The fourth-order valence-electron chi connectivity index (χ4n) is 2.68. The molecule has 0 aliphatic rings. The first-order valence-electron chi connectivity index (χ1n) is 7.72. The van der Waals surface area contributed by atoms with Crippen molar-refractivity contribution in [3.8, 4) is 0 Å². The molecule has 0 fully saturated rings. The molecular weight excluding hydrogens is 282 g/mol. The zero-order chi connectivity index (χ0) is 16.9. The third kappa shape index (κ3) is 5.67. The van der Waals surface area contributed by atoms with Gasteiger partial charge in [-0.1, -0.05) is 32.9 Å². The van der Waals surface area contributed by atoms with Crippen molar-refractivity contribution in [3.63, 3.8) is 0 Å². The van der Waals surface area contributed by atoms with Crippen molar-refractivity contribution >= 4 is 6.03 Å². The Hall–Kier alpha value is -1.56. The predicted molar refractivity (Wildman–Crippen MR) is 85.9 cm³/mol. The standard InChI is InChI=1S/C16H29N3O3/c1-10(14-11(2)19-22-12(14)3)8-17-15(21)18-13(9-20)7-16(4,5)6/h10,13,20H,7-9H2,1-6H3,(H2,17,18,21). The largest absolute Gasteiger partial charge is 0.394 e. The lowest BCUT2D eigenvalue weighted by atomic mass is 9.88. The first-order valence-corrected chi connectivity index (χ1v) is 7.72. The summed E-state index contributed by atoms with van der Waals surface area (Å²) in [4.78, 5) is 12.0. The molecule has 2 unspecified atom stereocenters. The van der Waals surface area contributed by atoms with E-state index in [1.54, 1.807) is 0 Å². The number of aromatic nitrogens is 1. The van der Waals surface area contributed by atoms with Gasteiger partial charge in [0.05, 0.1) is 18.3 Å². The van der Waals surface area contributed by atoms with E-state index in [1.165, 1.54) is 0 Å². The van der Waals surface area contributed by atoms with Crippen LogP contribution in [0.2, 0.25) is 0 Å².